The number of rotatable bonds is 11. The third kappa shape index (κ3) is 8.23. The van der Waals surface area contributed by atoms with Crippen LogP contribution in [0.25, 0.3) is 0 Å². The summed E-state index contributed by atoms with van der Waals surface area (Å²) < 4.78 is 11.3. The molecule has 0 aromatic heterocycles. The molecular formula is C20H40N4O2. The van der Waals surface area contributed by atoms with Gasteiger partial charge in [0.05, 0.1) is 12.7 Å². The van der Waals surface area contributed by atoms with Crippen molar-refractivity contribution in [3.05, 3.63) is 0 Å². The van der Waals surface area contributed by atoms with Crippen molar-refractivity contribution in [2.24, 2.45) is 4.99 Å². The molecule has 2 saturated heterocycles. The lowest BCUT2D eigenvalue weighted by molar-refractivity contribution is 0.0171. The minimum absolute atomic E-state index is 0.319. The molecule has 152 valence electrons. The molecule has 0 saturated carbocycles. The number of likely N-dealkylation sites (tertiary alicyclic amines) is 1. The Bertz CT molecular complexity index is 386. The molecule has 0 amide bonds. The van der Waals surface area contributed by atoms with Crippen LogP contribution in [0.2, 0.25) is 0 Å². The van der Waals surface area contributed by atoms with E-state index in [1.165, 1.54) is 38.6 Å². The minimum atomic E-state index is 0.319. The Kier molecular flexibility index (Phi) is 11.0. The van der Waals surface area contributed by atoms with E-state index in [9.17, 15) is 0 Å². The molecule has 0 bridgehead atoms. The first-order chi connectivity index (χ1) is 12.8. The second-order valence-electron chi connectivity index (χ2n) is 7.34. The third-order valence-electron chi connectivity index (χ3n) is 5.30. The van der Waals surface area contributed by atoms with Gasteiger partial charge in [0.25, 0.3) is 0 Å². The van der Waals surface area contributed by atoms with Gasteiger partial charge in [0, 0.05) is 45.4 Å². The smallest absolute Gasteiger partial charge is 0.191 e. The van der Waals surface area contributed by atoms with Crippen molar-refractivity contribution in [1.82, 2.24) is 15.5 Å². The molecule has 0 aromatic carbocycles. The van der Waals surface area contributed by atoms with Gasteiger partial charge in [-0.1, -0.05) is 13.3 Å². The summed E-state index contributed by atoms with van der Waals surface area (Å²) >= 11 is 0. The van der Waals surface area contributed by atoms with Gasteiger partial charge in [-0.3, -0.25) is 9.89 Å². The molecule has 2 unspecified atom stereocenters. The lowest BCUT2D eigenvalue weighted by Gasteiger charge is -2.35. The van der Waals surface area contributed by atoms with E-state index in [0.29, 0.717) is 6.10 Å². The Morgan fingerprint density at radius 1 is 1.19 bits per heavy atom. The summed E-state index contributed by atoms with van der Waals surface area (Å²) in [4.78, 5) is 7.31. The second kappa shape index (κ2) is 13.3. The fourth-order valence-electron chi connectivity index (χ4n) is 3.82. The average molecular weight is 369 g/mol. The van der Waals surface area contributed by atoms with Gasteiger partial charge < -0.3 is 20.1 Å². The highest BCUT2D eigenvalue weighted by Gasteiger charge is 2.20. The summed E-state index contributed by atoms with van der Waals surface area (Å²) in [6.07, 6.45) is 8.94. The standard InChI is InChI=1S/C20H40N4O2/c1-3-18-9-5-6-13-24(18)14-12-23-20(21-4-2)22-11-8-15-25-17-19-10-7-16-26-19/h18-19H,3-17H2,1-2H3,(H2,21,22,23). The summed E-state index contributed by atoms with van der Waals surface area (Å²) in [6.45, 7) is 11.8. The van der Waals surface area contributed by atoms with Crippen LogP contribution in [-0.2, 0) is 9.47 Å². The summed E-state index contributed by atoms with van der Waals surface area (Å²) in [5.74, 6) is 0.927. The first kappa shape index (κ1) is 21.5. The topological polar surface area (TPSA) is 58.1 Å². The molecule has 2 N–H and O–H groups in total. The summed E-state index contributed by atoms with van der Waals surface area (Å²) in [7, 11) is 0. The SMILES string of the molecule is CCNC(=NCCCOCC1CCCO1)NCCN1CCCCC1CC. The Morgan fingerprint density at radius 2 is 2.12 bits per heavy atom. The Hall–Kier alpha value is -0.850. The van der Waals surface area contributed by atoms with Crippen molar-refractivity contribution < 1.29 is 9.47 Å². The lowest BCUT2D eigenvalue weighted by Crippen LogP contribution is -2.46. The van der Waals surface area contributed by atoms with Crippen LogP contribution < -0.4 is 10.6 Å². The quantitative estimate of drug-likeness (QED) is 0.333. The molecule has 26 heavy (non-hydrogen) atoms. The predicted molar refractivity (Wildman–Crippen MR) is 108 cm³/mol. The monoisotopic (exact) mass is 368 g/mol. The third-order valence-corrected chi connectivity index (χ3v) is 5.30. The van der Waals surface area contributed by atoms with Gasteiger partial charge >= 0.3 is 0 Å². The Balaban J connectivity index is 1.57. The average Bonchev–Trinajstić information content (AvgIpc) is 3.18. The Morgan fingerprint density at radius 3 is 2.88 bits per heavy atom. The van der Waals surface area contributed by atoms with Crippen LogP contribution in [0.3, 0.4) is 0 Å². The molecule has 0 radical (unpaired) electrons. The van der Waals surface area contributed by atoms with E-state index in [-0.39, 0.29) is 0 Å². The molecule has 0 aliphatic carbocycles. The molecule has 2 aliphatic heterocycles. The highest BCUT2D eigenvalue weighted by molar-refractivity contribution is 5.79. The summed E-state index contributed by atoms with van der Waals surface area (Å²) in [5, 5.41) is 6.83. The van der Waals surface area contributed by atoms with Crippen LogP contribution in [0.15, 0.2) is 4.99 Å². The summed E-state index contributed by atoms with van der Waals surface area (Å²) in [6, 6.07) is 0.770. The predicted octanol–water partition coefficient (Wildman–Crippen LogP) is 2.39. The van der Waals surface area contributed by atoms with Gasteiger partial charge in [0.1, 0.15) is 0 Å². The zero-order valence-electron chi connectivity index (χ0n) is 17.0. The molecule has 6 nitrogen and oxygen atoms in total. The van der Waals surface area contributed by atoms with Crippen LogP contribution in [0, 0.1) is 0 Å². The molecule has 2 rings (SSSR count). The maximum Gasteiger partial charge on any atom is 0.191 e. The van der Waals surface area contributed by atoms with Gasteiger partial charge in [0.2, 0.25) is 0 Å². The van der Waals surface area contributed by atoms with E-state index in [1.807, 2.05) is 0 Å². The number of piperidine rings is 1. The number of hydrogen-bond donors (Lipinski definition) is 2. The van der Waals surface area contributed by atoms with Crippen LogP contribution in [0.5, 0.6) is 0 Å². The van der Waals surface area contributed by atoms with Gasteiger partial charge in [-0.05, 0) is 52.0 Å². The zero-order chi connectivity index (χ0) is 18.5. The van der Waals surface area contributed by atoms with E-state index >= 15 is 0 Å². The van der Waals surface area contributed by atoms with Crippen LogP contribution in [0.1, 0.15) is 58.8 Å². The van der Waals surface area contributed by atoms with Gasteiger partial charge in [-0.25, -0.2) is 0 Å². The number of guanidine groups is 1. The Labute approximate surface area is 160 Å². The van der Waals surface area contributed by atoms with Gasteiger partial charge in [-0.2, -0.15) is 0 Å². The molecule has 2 fully saturated rings. The van der Waals surface area contributed by atoms with Crippen molar-refractivity contribution in [2.45, 2.75) is 70.9 Å². The van der Waals surface area contributed by atoms with E-state index in [2.05, 4.69) is 34.4 Å². The highest BCUT2D eigenvalue weighted by Crippen LogP contribution is 2.18. The second-order valence-corrected chi connectivity index (χ2v) is 7.34. The number of nitrogens with zero attached hydrogens (tertiary/aromatic N) is 2. The molecule has 0 spiro atoms. The van der Waals surface area contributed by atoms with Gasteiger partial charge in [0.15, 0.2) is 5.96 Å². The van der Waals surface area contributed by atoms with Crippen molar-refractivity contribution in [3.63, 3.8) is 0 Å². The van der Waals surface area contributed by atoms with Crippen LogP contribution in [0.4, 0.5) is 0 Å². The normalized spacial score (nSPS) is 24.8. The molecule has 2 aliphatic rings. The van der Waals surface area contributed by atoms with Crippen molar-refractivity contribution in [1.29, 1.82) is 0 Å². The van der Waals surface area contributed by atoms with Crippen LogP contribution >= 0.6 is 0 Å². The number of ether oxygens (including phenoxy) is 2. The first-order valence-electron chi connectivity index (χ1n) is 10.8. The van der Waals surface area contributed by atoms with E-state index in [4.69, 9.17) is 9.47 Å². The molecular weight excluding hydrogens is 328 g/mol. The first-order valence-corrected chi connectivity index (χ1v) is 10.8. The molecule has 2 heterocycles. The van der Waals surface area contributed by atoms with E-state index in [1.54, 1.807) is 0 Å². The maximum absolute atomic E-state index is 5.70. The molecule has 6 heteroatoms. The van der Waals surface area contributed by atoms with Crippen molar-refractivity contribution in [3.8, 4) is 0 Å². The maximum atomic E-state index is 5.70. The fraction of sp³-hybridized carbons (Fsp3) is 0.950. The minimum Gasteiger partial charge on any atom is -0.379 e. The van der Waals surface area contributed by atoms with E-state index in [0.717, 1.165) is 70.8 Å². The summed E-state index contributed by atoms with van der Waals surface area (Å²) in [5.41, 5.74) is 0. The largest absolute Gasteiger partial charge is 0.379 e. The van der Waals surface area contributed by atoms with E-state index < -0.39 is 0 Å². The number of hydrogen-bond acceptors (Lipinski definition) is 4. The molecule has 2 atom stereocenters. The lowest BCUT2D eigenvalue weighted by atomic mass is 10.0. The van der Waals surface area contributed by atoms with Gasteiger partial charge in [-0.15, -0.1) is 0 Å². The van der Waals surface area contributed by atoms with Crippen LogP contribution in [-0.4, -0.2) is 75.5 Å². The number of aliphatic imine (C=N–C) groups is 1. The van der Waals surface area contributed by atoms with Crippen molar-refractivity contribution in [2.75, 3.05) is 52.5 Å². The fourth-order valence-corrected chi connectivity index (χ4v) is 3.82. The zero-order valence-corrected chi connectivity index (χ0v) is 17.0. The van der Waals surface area contributed by atoms with Crippen molar-refractivity contribution >= 4 is 5.96 Å². The molecule has 0 aromatic rings. The highest BCUT2D eigenvalue weighted by atomic mass is 16.5. The number of nitrogens with one attached hydrogen (secondary N) is 2.